The lowest BCUT2D eigenvalue weighted by Crippen LogP contribution is -2.37. The van der Waals surface area contributed by atoms with E-state index in [1.165, 1.54) is 38.5 Å². The van der Waals surface area contributed by atoms with E-state index in [0.29, 0.717) is 12.6 Å². The molecule has 2 aliphatic rings. The average molecular weight is 264 g/mol. The van der Waals surface area contributed by atoms with Gasteiger partial charge in [0.25, 0.3) is 0 Å². The van der Waals surface area contributed by atoms with E-state index in [2.05, 4.69) is 10.2 Å². The Hall–Kier alpha value is -1.10. The zero-order chi connectivity index (χ0) is 13.3. The minimum absolute atomic E-state index is 0.0392. The van der Waals surface area contributed by atoms with Gasteiger partial charge in [-0.05, 0) is 44.1 Å². The van der Waals surface area contributed by atoms with Gasteiger partial charge in [0, 0.05) is 12.5 Å². The molecule has 0 aliphatic heterocycles. The molecular formula is C14H24N4O. The first-order valence-corrected chi connectivity index (χ1v) is 7.60. The van der Waals surface area contributed by atoms with Gasteiger partial charge in [0.15, 0.2) is 0 Å². The van der Waals surface area contributed by atoms with Crippen molar-refractivity contribution in [2.45, 2.75) is 63.8 Å². The minimum atomic E-state index is -0.0392. The van der Waals surface area contributed by atoms with Crippen LogP contribution in [-0.4, -0.2) is 21.3 Å². The molecule has 1 heterocycles. The summed E-state index contributed by atoms with van der Waals surface area (Å²) >= 11 is 0. The first kappa shape index (κ1) is 12.9. The lowest BCUT2D eigenvalue weighted by atomic mass is 9.71. The number of rotatable bonds is 4. The van der Waals surface area contributed by atoms with Crippen molar-refractivity contribution in [1.29, 1.82) is 0 Å². The van der Waals surface area contributed by atoms with Gasteiger partial charge in [0.05, 0.1) is 0 Å². The molecule has 5 nitrogen and oxygen atoms in total. The molecule has 3 rings (SSSR count). The number of nitrogens with two attached hydrogens (primary N) is 1. The summed E-state index contributed by atoms with van der Waals surface area (Å²) in [6.45, 7) is 0.707. The van der Waals surface area contributed by atoms with E-state index < -0.39 is 0 Å². The fourth-order valence-electron chi connectivity index (χ4n) is 3.57. The molecule has 0 atom stereocenters. The molecule has 0 amide bonds. The fraction of sp³-hybridized carbons (Fsp3) is 0.857. The van der Waals surface area contributed by atoms with Crippen LogP contribution in [0.1, 0.15) is 63.2 Å². The van der Waals surface area contributed by atoms with Crippen molar-refractivity contribution in [2.75, 3.05) is 6.54 Å². The van der Waals surface area contributed by atoms with Crippen molar-refractivity contribution in [3.8, 4) is 0 Å². The largest absolute Gasteiger partial charge is 0.343 e. The van der Waals surface area contributed by atoms with Crippen molar-refractivity contribution in [2.24, 2.45) is 11.1 Å². The van der Waals surface area contributed by atoms with E-state index in [0.717, 1.165) is 25.1 Å². The lowest BCUT2D eigenvalue weighted by molar-refractivity contribution is 0.186. The molecule has 0 radical (unpaired) electrons. The lowest BCUT2D eigenvalue weighted by Gasteiger charge is -2.36. The zero-order valence-electron chi connectivity index (χ0n) is 11.5. The highest BCUT2D eigenvalue weighted by Crippen LogP contribution is 2.39. The summed E-state index contributed by atoms with van der Waals surface area (Å²) in [7, 11) is 0. The summed E-state index contributed by atoms with van der Waals surface area (Å²) in [6, 6.07) is 0.375. The van der Waals surface area contributed by atoms with Gasteiger partial charge >= 0.3 is 5.69 Å². The summed E-state index contributed by atoms with van der Waals surface area (Å²) in [6.07, 6.45) is 10.5. The third-order valence-corrected chi connectivity index (χ3v) is 5.10. The van der Waals surface area contributed by atoms with E-state index in [1.54, 1.807) is 0 Å². The zero-order valence-corrected chi connectivity index (χ0v) is 11.5. The van der Waals surface area contributed by atoms with Crippen molar-refractivity contribution in [1.82, 2.24) is 14.8 Å². The van der Waals surface area contributed by atoms with Gasteiger partial charge in [-0.1, -0.05) is 19.3 Å². The highest BCUT2D eigenvalue weighted by molar-refractivity contribution is 4.99. The first-order valence-electron chi connectivity index (χ1n) is 7.60. The molecule has 3 N–H and O–H groups in total. The molecule has 5 heteroatoms. The number of nitrogens with zero attached hydrogens (tertiary/aromatic N) is 2. The Bertz CT molecular complexity index is 480. The Labute approximate surface area is 113 Å². The van der Waals surface area contributed by atoms with Crippen LogP contribution in [-0.2, 0) is 6.42 Å². The number of hydrogen-bond donors (Lipinski definition) is 2. The van der Waals surface area contributed by atoms with Crippen molar-refractivity contribution in [3.05, 3.63) is 16.3 Å². The molecule has 0 saturated heterocycles. The van der Waals surface area contributed by atoms with Gasteiger partial charge in [0.2, 0.25) is 0 Å². The maximum absolute atomic E-state index is 11.9. The standard InChI is InChI=1S/C14H24N4O/c15-10-14(7-2-1-3-8-14)9-12-16-17-13(19)18(12)11-5-4-6-11/h11H,1-10,15H2,(H,17,19). The van der Waals surface area contributed by atoms with Crippen LogP contribution in [0.25, 0.3) is 0 Å². The predicted octanol–water partition coefficient (Wildman–Crippen LogP) is 1.75. The molecule has 1 aromatic rings. The third kappa shape index (κ3) is 2.36. The van der Waals surface area contributed by atoms with Crippen molar-refractivity contribution < 1.29 is 0 Å². The van der Waals surface area contributed by atoms with Crippen LogP contribution < -0.4 is 11.4 Å². The van der Waals surface area contributed by atoms with Crippen LogP contribution in [0.2, 0.25) is 0 Å². The van der Waals surface area contributed by atoms with Crippen LogP contribution in [0.15, 0.2) is 4.79 Å². The van der Waals surface area contributed by atoms with Crippen molar-refractivity contribution >= 4 is 0 Å². The molecule has 2 saturated carbocycles. The SMILES string of the molecule is NCC1(Cc2n[nH]c(=O)n2C2CCC2)CCCCC1. The summed E-state index contributed by atoms with van der Waals surface area (Å²) in [5, 5.41) is 6.91. The van der Waals surface area contributed by atoms with Crippen molar-refractivity contribution in [3.63, 3.8) is 0 Å². The molecular weight excluding hydrogens is 240 g/mol. The van der Waals surface area contributed by atoms with Crippen LogP contribution in [0.5, 0.6) is 0 Å². The molecule has 106 valence electrons. The molecule has 1 aromatic heterocycles. The minimum Gasteiger partial charge on any atom is -0.330 e. The Morgan fingerprint density at radius 2 is 2.00 bits per heavy atom. The van der Waals surface area contributed by atoms with Crippen LogP contribution in [0.4, 0.5) is 0 Å². The van der Waals surface area contributed by atoms with Gasteiger partial charge in [-0.2, -0.15) is 5.10 Å². The predicted molar refractivity (Wildman–Crippen MR) is 74.0 cm³/mol. The fourth-order valence-corrected chi connectivity index (χ4v) is 3.57. The molecule has 0 bridgehead atoms. The molecule has 0 aromatic carbocycles. The highest BCUT2D eigenvalue weighted by Gasteiger charge is 2.34. The summed E-state index contributed by atoms with van der Waals surface area (Å²) < 4.78 is 1.90. The quantitative estimate of drug-likeness (QED) is 0.869. The number of hydrogen-bond acceptors (Lipinski definition) is 3. The van der Waals surface area contributed by atoms with Gasteiger partial charge < -0.3 is 5.73 Å². The normalized spacial score (nSPS) is 23.2. The highest BCUT2D eigenvalue weighted by atomic mass is 16.1. The van der Waals surface area contributed by atoms with Crippen LogP contribution in [0, 0.1) is 5.41 Å². The van der Waals surface area contributed by atoms with Gasteiger partial charge in [-0.25, -0.2) is 9.89 Å². The number of aromatic nitrogens is 3. The van der Waals surface area contributed by atoms with Gasteiger partial charge in [0.1, 0.15) is 5.82 Å². The van der Waals surface area contributed by atoms with E-state index in [-0.39, 0.29) is 11.1 Å². The smallest absolute Gasteiger partial charge is 0.330 e. The number of H-pyrrole nitrogens is 1. The van der Waals surface area contributed by atoms with Gasteiger partial charge in [-0.15, -0.1) is 0 Å². The Kier molecular flexibility index (Phi) is 3.48. The topological polar surface area (TPSA) is 76.7 Å². The van der Waals surface area contributed by atoms with E-state index in [4.69, 9.17) is 5.73 Å². The van der Waals surface area contributed by atoms with Gasteiger partial charge in [-0.3, -0.25) is 4.57 Å². The van der Waals surface area contributed by atoms with E-state index >= 15 is 0 Å². The Morgan fingerprint density at radius 3 is 2.58 bits per heavy atom. The maximum atomic E-state index is 11.9. The van der Waals surface area contributed by atoms with E-state index in [9.17, 15) is 4.79 Å². The second-order valence-electron chi connectivity index (χ2n) is 6.34. The monoisotopic (exact) mass is 264 g/mol. The third-order valence-electron chi connectivity index (χ3n) is 5.10. The summed E-state index contributed by atoms with van der Waals surface area (Å²) in [5.74, 6) is 0.932. The number of nitrogens with one attached hydrogen (secondary N) is 1. The van der Waals surface area contributed by atoms with Crippen LogP contribution in [0.3, 0.4) is 0 Å². The van der Waals surface area contributed by atoms with Crippen LogP contribution >= 0.6 is 0 Å². The first-order chi connectivity index (χ1) is 9.24. The summed E-state index contributed by atoms with van der Waals surface area (Å²) in [4.78, 5) is 11.9. The molecule has 0 unspecified atom stereocenters. The second-order valence-corrected chi connectivity index (χ2v) is 6.34. The Morgan fingerprint density at radius 1 is 1.26 bits per heavy atom. The average Bonchev–Trinajstić information content (AvgIpc) is 2.71. The molecule has 19 heavy (non-hydrogen) atoms. The maximum Gasteiger partial charge on any atom is 0.343 e. The Balaban J connectivity index is 1.83. The van der Waals surface area contributed by atoms with E-state index in [1.807, 2.05) is 4.57 Å². The second kappa shape index (κ2) is 5.12. The molecule has 2 aliphatic carbocycles. The number of aromatic amines is 1. The summed E-state index contributed by atoms with van der Waals surface area (Å²) in [5.41, 5.74) is 6.17. The molecule has 0 spiro atoms. The molecule has 2 fully saturated rings.